The van der Waals surface area contributed by atoms with Crippen LogP contribution in [0.25, 0.3) is 5.65 Å². The fourth-order valence-corrected chi connectivity index (χ4v) is 3.58. The van der Waals surface area contributed by atoms with Crippen molar-refractivity contribution < 1.29 is 13.6 Å². The normalized spacial score (nSPS) is 13.8. The maximum atomic E-state index is 13.5. The first-order valence-electron chi connectivity index (χ1n) is 9.73. The van der Waals surface area contributed by atoms with E-state index >= 15 is 0 Å². The molecule has 7 nitrogen and oxygen atoms in total. The third-order valence-electron chi connectivity index (χ3n) is 5.06. The number of aromatic nitrogens is 5. The molecule has 0 atom stereocenters. The molecule has 0 spiro atoms. The average Bonchev–Trinajstić information content (AvgIpc) is 3.37. The van der Waals surface area contributed by atoms with E-state index < -0.39 is 12.3 Å². The number of nitrogens with one attached hydrogen (secondary N) is 1. The molecular weight excluding hydrogens is 426 g/mol. The number of hydrogen-bond acceptors (Lipinski definition) is 4. The number of carbonyl (C=O) groups is 1. The topological polar surface area (TPSA) is 77.1 Å². The molecule has 31 heavy (non-hydrogen) atoms. The minimum Gasteiger partial charge on any atom is -0.321 e. The molecule has 1 aliphatic rings. The van der Waals surface area contributed by atoms with Crippen molar-refractivity contribution in [3.05, 3.63) is 76.5 Å². The molecule has 1 amide bonds. The molecule has 158 valence electrons. The molecule has 1 N–H and O–H groups in total. The fraction of sp³-hybridized carbons (Fsp3) is 0.238. The van der Waals surface area contributed by atoms with Gasteiger partial charge in [0.05, 0.1) is 17.8 Å². The van der Waals surface area contributed by atoms with E-state index in [4.69, 9.17) is 11.6 Å². The number of halogens is 3. The van der Waals surface area contributed by atoms with Gasteiger partial charge in [-0.3, -0.25) is 9.48 Å². The van der Waals surface area contributed by atoms with Crippen molar-refractivity contribution in [3.63, 3.8) is 0 Å². The molecule has 0 aliphatic heterocycles. The lowest BCUT2D eigenvalue weighted by atomic mass is 10.2. The van der Waals surface area contributed by atoms with Gasteiger partial charge in [0, 0.05) is 29.6 Å². The molecule has 4 aromatic rings. The van der Waals surface area contributed by atoms with Gasteiger partial charge in [0.25, 0.3) is 12.3 Å². The van der Waals surface area contributed by atoms with Crippen LogP contribution in [0.2, 0.25) is 5.02 Å². The number of amides is 1. The Morgan fingerprint density at radius 1 is 1.26 bits per heavy atom. The first-order chi connectivity index (χ1) is 15.0. The highest BCUT2D eigenvalue weighted by molar-refractivity contribution is 6.30. The highest BCUT2D eigenvalue weighted by Crippen LogP contribution is 2.40. The summed E-state index contributed by atoms with van der Waals surface area (Å²) in [6.07, 6.45) is 2.41. The first kappa shape index (κ1) is 19.6. The third-order valence-corrected chi connectivity index (χ3v) is 5.25. The van der Waals surface area contributed by atoms with E-state index in [0.717, 1.165) is 22.9 Å². The van der Waals surface area contributed by atoms with Crippen LogP contribution in [0.3, 0.4) is 0 Å². The highest BCUT2D eigenvalue weighted by atomic mass is 35.5. The van der Waals surface area contributed by atoms with Crippen molar-refractivity contribution >= 4 is 28.8 Å². The summed E-state index contributed by atoms with van der Waals surface area (Å²) in [5.74, 6) is -0.292. The van der Waals surface area contributed by atoms with Crippen molar-refractivity contribution in [2.24, 2.45) is 0 Å². The number of carbonyl (C=O) groups excluding carboxylic acids is 1. The molecule has 0 bridgehead atoms. The van der Waals surface area contributed by atoms with Crippen LogP contribution >= 0.6 is 11.6 Å². The molecule has 0 radical (unpaired) electrons. The lowest BCUT2D eigenvalue weighted by molar-refractivity contribution is 0.102. The molecule has 0 unspecified atom stereocenters. The van der Waals surface area contributed by atoms with E-state index in [-0.39, 0.29) is 23.0 Å². The minimum atomic E-state index is -2.72. The van der Waals surface area contributed by atoms with Crippen molar-refractivity contribution in [3.8, 4) is 0 Å². The Hall–Kier alpha value is -3.33. The quantitative estimate of drug-likeness (QED) is 0.469. The van der Waals surface area contributed by atoms with Crippen LogP contribution in [-0.2, 0) is 6.54 Å². The van der Waals surface area contributed by atoms with Gasteiger partial charge in [0.1, 0.15) is 5.69 Å². The lowest BCUT2D eigenvalue weighted by Crippen LogP contribution is -2.13. The number of rotatable bonds is 6. The molecule has 0 saturated heterocycles. The number of alkyl halides is 2. The Bertz CT molecular complexity index is 1280. The van der Waals surface area contributed by atoms with Crippen LogP contribution in [0.4, 0.5) is 14.5 Å². The van der Waals surface area contributed by atoms with Gasteiger partial charge in [-0.1, -0.05) is 23.7 Å². The van der Waals surface area contributed by atoms with E-state index in [1.165, 1.54) is 12.1 Å². The summed E-state index contributed by atoms with van der Waals surface area (Å²) in [5.41, 5.74) is 2.09. The predicted octanol–water partition coefficient (Wildman–Crippen LogP) is 4.69. The smallest absolute Gasteiger partial charge is 0.280 e. The molecule has 3 heterocycles. The number of anilines is 1. The zero-order valence-corrected chi connectivity index (χ0v) is 16.9. The predicted molar refractivity (Wildman–Crippen MR) is 111 cm³/mol. The molecule has 10 heteroatoms. The fourth-order valence-electron chi connectivity index (χ4n) is 3.43. The van der Waals surface area contributed by atoms with Crippen molar-refractivity contribution in [2.45, 2.75) is 31.7 Å². The molecule has 1 aromatic carbocycles. The number of nitrogens with zero attached hydrogens (tertiary/aromatic N) is 5. The monoisotopic (exact) mass is 442 g/mol. The summed E-state index contributed by atoms with van der Waals surface area (Å²) in [5, 5.41) is 11.5. The summed E-state index contributed by atoms with van der Waals surface area (Å²) in [6, 6.07) is 10.1. The third kappa shape index (κ3) is 4.13. The molecule has 1 fully saturated rings. The van der Waals surface area contributed by atoms with Gasteiger partial charge >= 0.3 is 0 Å². The summed E-state index contributed by atoms with van der Waals surface area (Å²) in [4.78, 5) is 17.2. The van der Waals surface area contributed by atoms with E-state index in [1.54, 1.807) is 35.3 Å². The number of hydrogen-bond donors (Lipinski definition) is 1. The van der Waals surface area contributed by atoms with E-state index in [2.05, 4.69) is 20.5 Å². The van der Waals surface area contributed by atoms with Gasteiger partial charge in [-0.25, -0.2) is 18.3 Å². The Kier molecular flexibility index (Phi) is 4.90. The van der Waals surface area contributed by atoms with E-state index in [1.807, 2.05) is 6.07 Å². The maximum absolute atomic E-state index is 13.5. The molecule has 1 saturated carbocycles. The van der Waals surface area contributed by atoms with Crippen LogP contribution < -0.4 is 5.32 Å². The van der Waals surface area contributed by atoms with E-state index in [0.29, 0.717) is 22.9 Å². The van der Waals surface area contributed by atoms with Crippen molar-refractivity contribution in [2.75, 3.05) is 5.32 Å². The Morgan fingerprint density at radius 2 is 2.10 bits per heavy atom. The van der Waals surface area contributed by atoms with Crippen molar-refractivity contribution in [1.82, 2.24) is 24.4 Å². The molecule has 5 rings (SSSR count). The van der Waals surface area contributed by atoms with Crippen LogP contribution in [0, 0.1) is 0 Å². The van der Waals surface area contributed by atoms with Gasteiger partial charge < -0.3 is 5.32 Å². The Morgan fingerprint density at radius 3 is 2.81 bits per heavy atom. The highest BCUT2D eigenvalue weighted by Gasteiger charge is 2.28. The number of fused-ring (bicyclic) bond motifs is 1. The van der Waals surface area contributed by atoms with Gasteiger partial charge in [-0.2, -0.15) is 10.2 Å². The van der Waals surface area contributed by atoms with E-state index in [9.17, 15) is 13.6 Å². The standard InChI is InChI=1S/C21H17ClF2N6O/c22-14-9-25-29(11-14)10-12-2-1-3-15(6-12)26-21(31)17-8-19-27-16(13-4-5-13)7-18(20(23)24)30(19)28-17/h1-3,6-9,11,13,20H,4-5,10H2,(H,26,31). The average molecular weight is 443 g/mol. The van der Waals surface area contributed by atoms with Gasteiger partial charge in [0.2, 0.25) is 0 Å². The maximum Gasteiger partial charge on any atom is 0.280 e. The van der Waals surface area contributed by atoms with Crippen LogP contribution in [0.1, 0.15) is 52.6 Å². The SMILES string of the molecule is O=C(Nc1cccc(Cn2cc(Cl)cn2)c1)c1cc2nc(C3CC3)cc(C(F)F)n2n1. The second-order valence-electron chi connectivity index (χ2n) is 7.49. The Balaban J connectivity index is 1.39. The molecular formula is C21H17ClF2N6O. The first-order valence-corrected chi connectivity index (χ1v) is 10.1. The summed E-state index contributed by atoms with van der Waals surface area (Å²) >= 11 is 5.89. The second kappa shape index (κ2) is 7.73. The lowest BCUT2D eigenvalue weighted by Gasteiger charge is -2.07. The van der Waals surface area contributed by atoms with Gasteiger partial charge in [-0.15, -0.1) is 0 Å². The van der Waals surface area contributed by atoms with Crippen LogP contribution in [0.15, 0.2) is 48.8 Å². The van der Waals surface area contributed by atoms with Crippen molar-refractivity contribution in [1.29, 1.82) is 0 Å². The summed E-state index contributed by atoms with van der Waals surface area (Å²) < 4.78 is 29.8. The summed E-state index contributed by atoms with van der Waals surface area (Å²) in [6.45, 7) is 0.483. The largest absolute Gasteiger partial charge is 0.321 e. The zero-order chi connectivity index (χ0) is 21.5. The molecule has 3 aromatic heterocycles. The van der Waals surface area contributed by atoms with Gasteiger partial charge in [-0.05, 0) is 36.6 Å². The van der Waals surface area contributed by atoms with Gasteiger partial charge in [0.15, 0.2) is 11.3 Å². The summed E-state index contributed by atoms with van der Waals surface area (Å²) in [7, 11) is 0. The number of benzene rings is 1. The van der Waals surface area contributed by atoms with Crippen LogP contribution in [0.5, 0.6) is 0 Å². The zero-order valence-electron chi connectivity index (χ0n) is 16.2. The molecule has 1 aliphatic carbocycles. The second-order valence-corrected chi connectivity index (χ2v) is 7.93. The minimum absolute atomic E-state index is 0.0200. The Labute approximate surface area is 180 Å². The van der Waals surface area contributed by atoms with Crippen LogP contribution in [-0.4, -0.2) is 30.3 Å².